The molecule has 2 rings (SSSR count). The standard InChI is InChI=1S/C14H19ClFNO3S/c1-2-6-17-13-5-7-20-9-14(13)21(18,19)10-3-4-12(16)11(15)8-10/h3-4,8,13-14,17H,2,5-7,9H2,1H3. The maximum Gasteiger partial charge on any atom is 0.185 e. The predicted octanol–water partition coefficient (Wildman–Crippen LogP) is 2.41. The van der Waals surface area contributed by atoms with Crippen molar-refractivity contribution < 1.29 is 17.5 Å². The molecule has 1 aromatic carbocycles. The van der Waals surface area contributed by atoms with Crippen molar-refractivity contribution in [3.63, 3.8) is 0 Å². The number of hydrogen-bond donors (Lipinski definition) is 1. The van der Waals surface area contributed by atoms with Crippen molar-refractivity contribution >= 4 is 21.4 Å². The fourth-order valence-electron chi connectivity index (χ4n) is 2.41. The Morgan fingerprint density at radius 1 is 1.48 bits per heavy atom. The average molecular weight is 336 g/mol. The summed E-state index contributed by atoms with van der Waals surface area (Å²) in [5.74, 6) is -0.629. The molecule has 0 aromatic heterocycles. The van der Waals surface area contributed by atoms with E-state index in [-0.39, 0.29) is 22.6 Å². The third-order valence-corrected chi connectivity index (χ3v) is 6.04. The largest absolute Gasteiger partial charge is 0.380 e. The van der Waals surface area contributed by atoms with Crippen molar-refractivity contribution in [2.45, 2.75) is 36.0 Å². The summed E-state index contributed by atoms with van der Waals surface area (Å²) >= 11 is 5.69. The molecule has 7 heteroatoms. The van der Waals surface area contributed by atoms with E-state index >= 15 is 0 Å². The number of rotatable bonds is 5. The van der Waals surface area contributed by atoms with Gasteiger partial charge in [-0.15, -0.1) is 0 Å². The number of halogens is 2. The first-order valence-corrected chi connectivity index (χ1v) is 8.89. The van der Waals surface area contributed by atoms with E-state index in [0.29, 0.717) is 13.0 Å². The first-order valence-electron chi connectivity index (χ1n) is 6.97. The van der Waals surface area contributed by atoms with Crippen molar-refractivity contribution in [1.29, 1.82) is 0 Å². The van der Waals surface area contributed by atoms with E-state index in [1.165, 1.54) is 6.07 Å². The summed E-state index contributed by atoms with van der Waals surface area (Å²) < 4.78 is 44.0. The van der Waals surface area contributed by atoms with Gasteiger partial charge in [0.1, 0.15) is 11.1 Å². The van der Waals surface area contributed by atoms with E-state index < -0.39 is 20.9 Å². The molecular weight excluding hydrogens is 317 g/mol. The highest BCUT2D eigenvalue weighted by molar-refractivity contribution is 7.92. The van der Waals surface area contributed by atoms with E-state index in [1.807, 2.05) is 6.92 Å². The van der Waals surface area contributed by atoms with Crippen molar-refractivity contribution in [1.82, 2.24) is 5.32 Å². The van der Waals surface area contributed by atoms with Crippen LogP contribution in [0.5, 0.6) is 0 Å². The molecule has 1 aliphatic rings. The van der Waals surface area contributed by atoms with Gasteiger partial charge in [0, 0.05) is 12.6 Å². The van der Waals surface area contributed by atoms with E-state index in [4.69, 9.17) is 16.3 Å². The molecule has 1 N–H and O–H groups in total. The van der Waals surface area contributed by atoms with Crippen LogP contribution in [0, 0.1) is 5.82 Å². The van der Waals surface area contributed by atoms with Gasteiger partial charge in [0.05, 0.1) is 16.5 Å². The highest BCUT2D eigenvalue weighted by Gasteiger charge is 2.37. The zero-order chi connectivity index (χ0) is 15.5. The Hall–Kier alpha value is -0.690. The predicted molar refractivity (Wildman–Crippen MR) is 79.9 cm³/mol. The van der Waals surface area contributed by atoms with Crippen molar-refractivity contribution in [2.24, 2.45) is 0 Å². The van der Waals surface area contributed by atoms with Crippen LogP contribution in [0.2, 0.25) is 5.02 Å². The Bertz CT molecular complexity index is 594. The molecule has 2 atom stereocenters. The quantitative estimate of drug-likeness (QED) is 0.840. The SMILES string of the molecule is CCCNC1CCOCC1S(=O)(=O)c1ccc(F)c(Cl)c1. The van der Waals surface area contributed by atoms with Crippen molar-refractivity contribution in [3.05, 3.63) is 29.0 Å². The summed E-state index contributed by atoms with van der Waals surface area (Å²) in [6, 6.07) is 3.33. The van der Waals surface area contributed by atoms with Crippen LogP contribution in [-0.2, 0) is 14.6 Å². The fraction of sp³-hybridized carbons (Fsp3) is 0.571. The molecule has 0 amide bonds. The van der Waals surface area contributed by atoms with Gasteiger partial charge < -0.3 is 10.1 Å². The Labute approximate surface area is 129 Å². The van der Waals surface area contributed by atoms with Crippen LogP contribution >= 0.6 is 11.6 Å². The van der Waals surface area contributed by atoms with Gasteiger partial charge in [0.15, 0.2) is 9.84 Å². The van der Waals surface area contributed by atoms with Crippen LogP contribution in [-0.4, -0.2) is 39.5 Å². The first kappa shape index (κ1) is 16.7. The van der Waals surface area contributed by atoms with Crippen LogP contribution in [0.4, 0.5) is 4.39 Å². The van der Waals surface area contributed by atoms with Crippen LogP contribution in [0.1, 0.15) is 19.8 Å². The Morgan fingerprint density at radius 3 is 2.90 bits per heavy atom. The third kappa shape index (κ3) is 3.74. The maximum absolute atomic E-state index is 13.2. The Kier molecular flexibility index (Phi) is 5.60. The van der Waals surface area contributed by atoms with Gasteiger partial charge in [-0.3, -0.25) is 0 Å². The zero-order valence-electron chi connectivity index (χ0n) is 11.8. The minimum atomic E-state index is -3.62. The molecule has 1 aromatic rings. The van der Waals surface area contributed by atoms with Gasteiger partial charge in [-0.2, -0.15) is 0 Å². The number of sulfone groups is 1. The zero-order valence-corrected chi connectivity index (χ0v) is 13.4. The lowest BCUT2D eigenvalue weighted by atomic mass is 10.1. The summed E-state index contributed by atoms with van der Waals surface area (Å²) in [6.07, 6.45) is 1.56. The number of ether oxygens (including phenoxy) is 1. The normalized spacial score (nSPS) is 23.2. The number of benzene rings is 1. The van der Waals surface area contributed by atoms with E-state index in [1.54, 1.807) is 0 Å². The van der Waals surface area contributed by atoms with Gasteiger partial charge >= 0.3 is 0 Å². The minimum Gasteiger partial charge on any atom is -0.380 e. The molecule has 0 aliphatic carbocycles. The van der Waals surface area contributed by atoms with E-state index in [0.717, 1.165) is 25.1 Å². The lowest BCUT2D eigenvalue weighted by Gasteiger charge is -2.32. The fourth-order valence-corrected chi connectivity index (χ4v) is 4.48. The molecule has 1 aliphatic heterocycles. The van der Waals surface area contributed by atoms with Crippen molar-refractivity contribution in [2.75, 3.05) is 19.8 Å². The van der Waals surface area contributed by atoms with Crippen molar-refractivity contribution in [3.8, 4) is 0 Å². The summed E-state index contributed by atoms with van der Waals surface area (Å²) in [5.41, 5.74) is 0. The topological polar surface area (TPSA) is 55.4 Å². The number of hydrogen-bond acceptors (Lipinski definition) is 4. The van der Waals surface area contributed by atoms with Crippen LogP contribution in [0.15, 0.2) is 23.1 Å². The first-order chi connectivity index (χ1) is 9.96. The monoisotopic (exact) mass is 335 g/mol. The molecule has 1 fully saturated rings. The van der Waals surface area contributed by atoms with E-state index in [2.05, 4.69) is 5.32 Å². The second-order valence-corrected chi connectivity index (χ2v) is 7.66. The van der Waals surface area contributed by atoms with Crippen LogP contribution in [0.25, 0.3) is 0 Å². The highest BCUT2D eigenvalue weighted by Crippen LogP contribution is 2.26. The Morgan fingerprint density at radius 2 is 2.24 bits per heavy atom. The summed E-state index contributed by atoms with van der Waals surface area (Å²) in [5, 5.41) is 2.39. The molecule has 1 saturated heterocycles. The molecule has 4 nitrogen and oxygen atoms in total. The lowest BCUT2D eigenvalue weighted by molar-refractivity contribution is 0.0808. The smallest absolute Gasteiger partial charge is 0.185 e. The summed E-state index contributed by atoms with van der Waals surface area (Å²) in [7, 11) is -3.62. The van der Waals surface area contributed by atoms with Gasteiger partial charge in [-0.25, -0.2) is 12.8 Å². The second-order valence-electron chi connectivity index (χ2n) is 5.08. The van der Waals surface area contributed by atoms with Crippen LogP contribution in [0.3, 0.4) is 0 Å². The second kappa shape index (κ2) is 7.05. The molecule has 0 bridgehead atoms. The van der Waals surface area contributed by atoms with Gasteiger partial charge in [0.2, 0.25) is 0 Å². The molecule has 0 saturated carbocycles. The third-order valence-electron chi connectivity index (χ3n) is 3.58. The average Bonchev–Trinajstić information content (AvgIpc) is 2.48. The number of nitrogens with one attached hydrogen (secondary N) is 1. The van der Waals surface area contributed by atoms with Gasteiger partial charge in [-0.1, -0.05) is 18.5 Å². The van der Waals surface area contributed by atoms with E-state index in [9.17, 15) is 12.8 Å². The molecule has 21 heavy (non-hydrogen) atoms. The summed E-state index contributed by atoms with van der Waals surface area (Å²) in [6.45, 7) is 3.45. The molecule has 0 spiro atoms. The molecule has 118 valence electrons. The molecule has 2 unspecified atom stereocenters. The van der Waals surface area contributed by atoms with Crippen LogP contribution < -0.4 is 5.32 Å². The highest BCUT2D eigenvalue weighted by atomic mass is 35.5. The summed E-state index contributed by atoms with van der Waals surface area (Å²) in [4.78, 5) is 0.0349. The molecule has 0 radical (unpaired) electrons. The molecular formula is C14H19ClFNO3S. The Balaban J connectivity index is 2.28. The van der Waals surface area contributed by atoms with Gasteiger partial charge in [0.25, 0.3) is 0 Å². The molecule has 1 heterocycles. The maximum atomic E-state index is 13.2. The lowest BCUT2D eigenvalue weighted by Crippen LogP contribution is -2.50. The van der Waals surface area contributed by atoms with Gasteiger partial charge in [-0.05, 0) is 37.6 Å². The minimum absolute atomic E-state index is 0.0349.